The lowest BCUT2D eigenvalue weighted by atomic mass is 9.90. The number of halogens is 3. The fraction of sp³-hybridized carbons (Fsp3) is 0.538. The van der Waals surface area contributed by atoms with E-state index in [-0.39, 0.29) is 11.6 Å². The van der Waals surface area contributed by atoms with Crippen molar-refractivity contribution in [1.82, 2.24) is 4.98 Å². The summed E-state index contributed by atoms with van der Waals surface area (Å²) < 4.78 is 38.0. The Hall–Kier alpha value is -1.59. The van der Waals surface area contributed by atoms with Crippen molar-refractivity contribution < 1.29 is 23.1 Å². The third kappa shape index (κ3) is 2.31. The molecular formula is C13H14F3NO2. The maximum Gasteiger partial charge on any atom is 0.433 e. The highest BCUT2D eigenvalue weighted by Gasteiger charge is 2.53. The van der Waals surface area contributed by atoms with Crippen LogP contribution in [-0.2, 0) is 16.4 Å². The van der Waals surface area contributed by atoms with Gasteiger partial charge in [-0.2, -0.15) is 13.2 Å². The molecule has 1 heterocycles. The van der Waals surface area contributed by atoms with Crippen LogP contribution in [0.3, 0.4) is 0 Å². The van der Waals surface area contributed by atoms with Gasteiger partial charge in [0.1, 0.15) is 5.69 Å². The lowest BCUT2D eigenvalue weighted by Gasteiger charge is -2.19. The average Bonchev–Trinajstić information content (AvgIpc) is 3.07. The number of alkyl halides is 3. The zero-order valence-corrected chi connectivity index (χ0v) is 10.6. The number of carboxylic acids is 1. The van der Waals surface area contributed by atoms with Gasteiger partial charge < -0.3 is 5.11 Å². The smallest absolute Gasteiger partial charge is 0.433 e. The Morgan fingerprint density at radius 3 is 2.32 bits per heavy atom. The molecule has 1 aliphatic carbocycles. The van der Waals surface area contributed by atoms with Crippen LogP contribution in [0.5, 0.6) is 0 Å². The van der Waals surface area contributed by atoms with Gasteiger partial charge in [-0.25, -0.2) is 4.98 Å². The molecule has 1 N–H and O–H groups in total. The summed E-state index contributed by atoms with van der Waals surface area (Å²) >= 11 is 0. The number of hydrogen-bond donors (Lipinski definition) is 1. The number of nitrogens with zero attached hydrogens (tertiary/aromatic N) is 1. The third-order valence-corrected chi connectivity index (χ3v) is 3.44. The number of aliphatic carboxylic acids is 1. The molecule has 2 rings (SSSR count). The van der Waals surface area contributed by atoms with Gasteiger partial charge in [0.25, 0.3) is 0 Å². The maximum absolute atomic E-state index is 12.7. The van der Waals surface area contributed by atoms with E-state index in [0.29, 0.717) is 18.4 Å². The van der Waals surface area contributed by atoms with Crippen LogP contribution in [0.25, 0.3) is 0 Å². The second-order valence-corrected chi connectivity index (χ2v) is 5.17. The second kappa shape index (κ2) is 4.21. The van der Waals surface area contributed by atoms with Gasteiger partial charge in [0.05, 0.1) is 5.41 Å². The molecule has 0 aromatic carbocycles. The Bertz CT molecular complexity index is 519. The summed E-state index contributed by atoms with van der Waals surface area (Å²) in [7, 11) is 0. The number of aromatic nitrogens is 1. The maximum atomic E-state index is 12.7. The van der Waals surface area contributed by atoms with Crippen LogP contribution < -0.4 is 0 Å². The number of hydrogen-bond acceptors (Lipinski definition) is 2. The van der Waals surface area contributed by atoms with Gasteiger partial charge in [0.2, 0.25) is 0 Å². The molecule has 1 aliphatic rings. The average molecular weight is 273 g/mol. The normalized spacial score (nSPS) is 17.6. The summed E-state index contributed by atoms with van der Waals surface area (Å²) in [6, 6.07) is 2.14. The Morgan fingerprint density at radius 1 is 1.37 bits per heavy atom. The molecule has 1 aromatic rings. The Labute approximate surface area is 108 Å². The number of carboxylic acid groups (broad SMARTS) is 1. The van der Waals surface area contributed by atoms with Gasteiger partial charge in [0.15, 0.2) is 0 Å². The van der Waals surface area contributed by atoms with Crippen LogP contribution in [0.2, 0.25) is 0 Å². The molecule has 1 fully saturated rings. The molecule has 0 amide bonds. The van der Waals surface area contributed by atoms with Crippen molar-refractivity contribution in [2.45, 2.75) is 44.2 Å². The minimum absolute atomic E-state index is 0.231. The summed E-state index contributed by atoms with van der Waals surface area (Å²) in [5.74, 6) is -1.25. The molecule has 0 radical (unpaired) electrons. The molecular weight excluding hydrogens is 259 g/mol. The molecule has 3 nitrogen and oxygen atoms in total. The molecule has 0 atom stereocenters. The molecule has 0 spiro atoms. The predicted molar refractivity (Wildman–Crippen MR) is 61.9 cm³/mol. The first-order chi connectivity index (χ1) is 8.68. The van der Waals surface area contributed by atoms with E-state index in [1.54, 1.807) is 13.8 Å². The lowest BCUT2D eigenvalue weighted by Crippen LogP contribution is -2.23. The van der Waals surface area contributed by atoms with Gasteiger partial charge >= 0.3 is 12.1 Å². The molecule has 104 valence electrons. The minimum Gasteiger partial charge on any atom is -0.481 e. The van der Waals surface area contributed by atoms with E-state index >= 15 is 0 Å². The highest BCUT2D eigenvalue weighted by Crippen LogP contribution is 2.50. The topological polar surface area (TPSA) is 50.2 Å². The predicted octanol–water partition coefficient (Wildman–Crippen LogP) is 3.34. The third-order valence-electron chi connectivity index (χ3n) is 3.44. The highest BCUT2D eigenvalue weighted by molar-refractivity contribution is 5.85. The first-order valence-electron chi connectivity index (χ1n) is 6.00. The number of rotatable bonds is 3. The summed E-state index contributed by atoms with van der Waals surface area (Å²) in [6.45, 7) is 3.42. The van der Waals surface area contributed by atoms with E-state index in [0.717, 1.165) is 6.07 Å². The minimum atomic E-state index is -4.51. The zero-order chi connectivity index (χ0) is 14.4. The van der Waals surface area contributed by atoms with E-state index in [2.05, 4.69) is 4.98 Å². The first-order valence-corrected chi connectivity index (χ1v) is 6.00. The van der Waals surface area contributed by atoms with Crippen LogP contribution in [0.1, 0.15) is 49.6 Å². The van der Waals surface area contributed by atoms with Crippen molar-refractivity contribution in [1.29, 1.82) is 0 Å². The molecule has 6 heteroatoms. The van der Waals surface area contributed by atoms with Crippen LogP contribution in [0.4, 0.5) is 13.2 Å². The molecule has 19 heavy (non-hydrogen) atoms. The summed E-state index contributed by atoms with van der Waals surface area (Å²) in [5, 5.41) is 9.24. The van der Waals surface area contributed by atoms with Crippen molar-refractivity contribution >= 4 is 5.97 Å². The molecule has 0 bridgehead atoms. The Morgan fingerprint density at radius 2 is 1.95 bits per heavy atom. The quantitative estimate of drug-likeness (QED) is 0.918. The molecule has 0 aliphatic heterocycles. The van der Waals surface area contributed by atoms with Crippen molar-refractivity contribution in [3.8, 4) is 0 Å². The number of pyridine rings is 1. The molecule has 1 saturated carbocycles. The lowest BCUT2D eigenvalue weighted by molar-refractivity contribution is -0.141. The van der Waals surface area contributed by atoms with Crippen molar-refractivity contribution in [2.75, 3.05) is 0 Å². The van der Waals surface area contributed by atoms with E-state index < -0.39 is 23.3 Å². The van der Waals surface area contributed by atoms with Gasteiger partial charge in [-0.1, -0.05) is 19.9 Å². The Balaban J connectivity index is 2.55. The van der Waals surface area contributed by atoms with Gasteiger partial charge in [-0.05, 0) is 30.4 Å². The monoisotopic (exact) mass is 273 g/mol. The van der Waals surface area contributed by atoms with E-state index in [1.165, 1.54) is 6.07 Å². The SMILES string of the molecule is CC(C)c1nc(C(F)(F)F)ccc1C1(C(=O)O)CC1. The van der Waals surface area contributed by atoms with Gasteiger partial charge in [-0.15, -0.1) is 0 Å². The molecule has 0 saturated heterocycles. The fourth-order valence-corrected chi connectivity index (χ4v) is 2.20. The van der Waals surface area contributed by atoms with Gasteiger partial charge in [-0.3, -0.25) is 4.79 Å². The van der Waals surface area contributed by atoms with Crippen molar-refractivity contribution in [2.24, 2.45) is 0 Å². The summed E-state index contributed by atoms with van der Waals surface area (Å²) in [4.78, 5) is 14.9. The largest absolute Gasteiger partial charge is 0.481 e. The van der Waals surface area contributed by atoms with E-state index in [4.69, 9.17) is 0 Å². The van der Waals surface area contributed by atoms with E-state index in [1.807, 2.05) is 0 Å². The van der Waals surface area contributed by atoms with Crippen LogP contribution in [-0.4, -0.2) is 16.1 Å². The highest BCUT2D eigenvalue weighted by atomic mass is 19.4. The standard InChI is InChI=1S/C13H14F3NO2/c1-7(2)10-8(12(5-6-12)11(18)19)3-4-9(17-10)13(14,15)16/h3-4,7H,5-6H2,1-2H3,(H,18,19). The fourth-order valence-electron chi connectivity index (χ4n) is 2.20. The first kappa shape index (κ1) is 13.8. The summed E-state index contributed by atoms with van der Waals surface area (Å²) in [5.41, 5.74) is -1.35. The van der Waals surface area contributed by atoms with Crippen molar-refractivity contribution in [3.63, 3.8) is 0 Å². The summed E-state index contributed by atoms with van der Waals surface area (Å²) in [6.07, 6.45) is -3.60. The molecule has 0 unspecified atom stereocenters. The van der Waals surface area contributed by atoms with Gasteiger partial charge in [0, 0.05) is 5.69 Å². The van der Waals surface area contributed by atoms with Crippen LogP contribution in [0, 0.1) is 0 Å². The van der Waals surface area contributed by atoms with Crippen LogP contribution in [0.15, 0.2) is 12.1 Å². The van der Waals surface area contributed by atoms with E-state index in [9.17, 15) is 23.1 Å². The van der Waals surface area contributed by atoms with Crippen LogP contribution >= 0.6 is 0 Å². The number of carbonyl (C=O) groups is 1. The second-order valence-electron chi connectivity index (χ2n) is 5.17. The Kier molecular flexibility index (Phi) is 3.07. The molecule has 1 aromatic heterocycles. The zero-order valence-electron chi connectivity index (χ0n) is 10.6. The van der Waals surface area contributed by atoms with Crippen molar-refractivity contribution in [3.05, 3.63) is 29.1 Å².